The molecule has 2 amide bonds. The van der Waals surface area contributed by atoms with Gasteiger partial charge in [0.1, 0.15) is 18.0 Å². The molecule has 0 aliphatic heterocycles. The summed E-state index contributed by atoms with van der Waals surface area (Å²) in [6, 6.07) is 1.34. The molecule has 0 aliphatic rings. The van der Waals surface area contributed by atoms with Gasteiger partial charge in [-0.1, -0.05) is 6.07 Å². The lowest BCUT2D eigenvalue weighted by Crippen LogP contribution is -2.41. The van der Waals surface area contributed by atoms with Gasteiger partial charge in [-0.25, -0.2) is 13.6 Å². The molecule has 21 heavy (non-hydrogen) atoms. The molecule has 2 N–H and O–H groups in total. The van der Waals surface area contributed by atoms with Gasteiger partial charge in [0.25, 0.3) is 0 Å². The third-order valence-corrected chi connectivity index (χ3v) is 2.69. The standard InChI is InChI=1S/C13H16F2N2O4/c1-8-3-4-9(14)12(11(8)15)16-13(20)17(5-6-21-2)7-10(18)19/h3-4H,5-7H2,1-2H3,(H,16,20)(H,18,19). The monoisotopic (exact) mass is 302 g/mol. The molecule has 0 saturated heterocycles. The number of halogens is 2. The number of aryl methyl sites for hydroxylation is 1. The third kappa shape index (κ3) is 4.67. The molecule has 0 radical (unpaired) electrons. The maximum absolute atomic E-state index is 13.8. The number of benzene rings is 1. The molecule has 0 atom stereocenters. The summed E-state index contributed by atoms with van der Waals surface area (Å²) >= 11 is 0. The minimum atomic E-state index is -1.24. The average molecular weight is 302 g/mol. The van der Waals surface area contributed by atoms with E-state index in [1.807, 2.05) is 0 Å². The van der Waals surface area contributed by atoms with E-state index < -0.39 is 35.9 Å². The van der Waals surface area contributed by atoms with Crippen molar-refractivity contribution < 1.29 is 28.2 Å². The van der Waals surface area contributed by atoms with Crippen molar-refractivity contribution in [3.05, 3.63) is 29.3 Å². The van der Waals surface area contributed by atoms with Crippen LogP contribution in [0.4, 0.5) is 19.3 Å². The molecular weight excluding hydrogens is 286 g/mol. The Morgan fingerprint density at radius 2 is 2.05 bits per heavy atom. The van der Waals surface area contributed by atoms with Crippen molar-refractivity contribution in [3.8, 4) is 0 Å². The Morgan fingerprint density at radius 3 is 2.62 bits per heavy atom. The van der Waals surface area contributed by atoms with Crippen molar-refractivity contribution in [1.82, 2.24) is 4.90 Å². The van der Waals surface area contributed by atoms with E-state index in [0.717, 1.165) is 11.0 Å². The summed E-state index contributed by atoms with van der Waals surface area (Å²) in [5.74, 6) is -3.08. The first-order chi connectivity index (χ1) is 9.86. The fourth-order valence-electron chi connectivity index (χ4n) is 1.57. The van der Waals surface area contributed by atoms with E-state index >= 15 is 0 Å². The second-order valence-electron chi connectivity index (χ2n) is 4.29. The molecule has 8 heteroatoms. The highest BCUT2D eigenvalue weighted by Gasteiger charge is 2.20. The summed E-state index contributed by atoms with van der Waals surface area (Å²) in [6.07, 6.45) is 0. The fraction of sp³-hybridized carbons (Fsp3) is 0.385. The van der Waals surface area contributed by atoms with E-state index in [1.54, 1.807) is 0 Å². The largest absolute Gasteiger partial charge is 0.480 e. The average Bonchev–Trinajstić information content (AvgIpc) is 2.43. The molecule has 0 unspecified atom stereocenters. The Balaban J connectivity index is 2.90. The SMILES string of the molecule is COCCN(CC(=O)O)C(=O)Nc1c(F)ccc(C)c1F. The number of nitrogens with one attached hydrogen (secondary N) is 1. The number of carbonyl (C=O) groups is 2. The summed E-state index contributed by atoms with van der Waals surface area (Å²) in [6.45, 7) is 0.887. The zero-order chi connectivity index (χ0) is 16.0. The van der Waals surface area contributed by atoms with E-state index in [0.29, 0.717) is 0 Å². The van der Waals surface area contributed by atoms with Gasteiger partial charge in [0, 0.05) is 13.7 Å². The Morgan fingerprint density at radius 1 is 1.38 bits per heavy atom. The van der Waals surface area contributed by atoms with Crippen LogP contribution in [-0.4, -0.2) is 48.8 Å². The van der Waals surface area contributed by atoms with E-state index in [9.17, 15) is 18.4 Å². The number of carboxylic acids is 1. The molecule has 0 aliphatic carbocycles. The number of methoxy groups -OCH3 is 1. The van der Waals surface area contributed by atoms with Crippen LogP contribution in [0.25, 0.3) is 0 Å². The zero-order valence-corrected chi connectivity index (χ0v) is 11.7. The number of hydrogen-bond acceptors (Lipinski definition) is 3. The van der Waals surface area contributed by atoms with Crippen LogP contribution in [0.3, 0.4) is 0 Å². The van der Waals surface area contributed by atoms with E-state index in [2.05, 4.69) is 5.32 Å². The normalized spacial score (nSPS) is 10.3. The van der Waals surface area contributed by atoms with Crippen molar-refractivity contribution in [1.29, 1.82) is 0 Å². The summed E-state index contributed by atoms with van der Waals surface area (Å²) in [5.41, 5.74) is -0.443. The van der Waals surface area contributed by atoms with E-state index in [1.165, 1.54) is 20.1 Å². The maximum atomic E-state index is 13.8. The number of nitrogens with zero attached hydrogens (tertiary/aromatic N) is 1. The Kier molecular flexibility index (Phi) is 6.04. The molecular formula is C13H16F2N2O4. The molecule has 0 fully saturated rings. The molecule has 0 spiro atoms. The van der Waals surface area contributed by atoms with Crippen LogP contribution in [0.15, 0.2) is 12.1 Å². The van der Waals surface area contributed by atoms with Crippen LogP contribution < -0.4 is 5.32 Å². The minimum absolute atomic E-state index is 0.0241. The first-order valence-corrected chi connectivity index (χ1v) is 6.08. The lowest BCUT2D eigenvalue weighted by atomic mass is 10.2. The Hall–Kier alpha value is -2.22. The van der Waals surface area contributed by atoms with E-state index in [-0.39, 0.29) is 18.7 Å². The fourth-order valence-corrected chi connectivity index (χ4v) is 1.57. The molecule has 6 nitrogen and oxygen atoms in total. The zero-order valence-electron chi connectivity index (χ0n) is 11.7. The predicted molar refractivity (Wildman–Crippen MR) is 71.2 cm³/mol. The van der Waals surface area contributed by atoms with Crippen LogP contribution in [0.1, 0.15) is 5.56 Å². The molecule has 1 aromatic carbocycles. The predicted octanol–water partition coefficient (Wildman–Crippen LogP) is 1.84. The summed E-state index contributed by atoms with van der Waals surface area (Å²) in [7, 11) is 1.39. The van der Waals surface area contributed by atoms with Gasteiger partial charge < -0.3 is 20.1 Å². The molecule has 0 saturated carbocycles. The highest BCUT2D eigenvalue weighted by molar-refractivity contribution is 5.91. The van der Waals surface area contributed by atoms with Gasteiger partial charge in [-0.3, -0.25) is 4.79 Å². The summed E-state index contributed by atoms with van der Waals surface area (Å²) in [4.78, 5) is 23.5. The first kappa shape index (κ1) is 16.8. The molecule has 0 heterocycles. The van der Waals surface area contributed by atoms with Crippen LogP contribution in [0.5, 0.6) is 0 Å². The van der Waals surface area contributed by atoms with Crippen molar-refractivity contribution in [2.24, 2.45) is 0 Å². The Labute approximate surface area is 120 Å². The second-order valence-corrected chi connectivity index (χ2v) is 4.29. The summed E-state index contributed by atoms with van der Waals surface area (Å²) < 4.78 is 32.1. The van der Waals surface area contributed by atoms with Gasteiger partial charge in [0.2, 0.25) is 0 Å². The van der Waals surface area contributed by atoms with Gasteiger partial charge in [-0.2, -0.15) is 0 Å². The van der Waals surface area contributed by atoms with Crippen LogP contribution in [-0.2, 0) is 9.53 Å². The number of anilines is 1. The van der Waals surface area contributed by atoms with Crippen molar-refractivity contribution in [3.63, 3.8) is 0 Å². The number of ether oxygens (including phenoxy) is 1. The van der Waals surface area contributed by atoms with Crippen LogP contribution in [0, 0.1) is 18.6 Å². The van der Waals surface area contributed by atoms with Gasteiger partial charge in [0.15, 0.2) is 5.82 Å². The number of urea groups is 1. The second kappa shape index (κ2) is 7.53. The lowest BCUT2D eigenvalue weighted by Gasteiger charge is -2.21. The van der Waals surface area contributed by atoms with Crippen molar-refractivity contribution in [2.45, 2.75) is 6.92 Å². The van der Waals surface area contributed by atoms with Crippen molar-refractivity contribution >= 4 is 17.7 Å². The third-order valence-electron chi connectivity index (χ3n) is 2.69. The number of carbonyl (C=O) groups excluding carboxylic acids is 1. The molecule has 116 valence electrons. The first-order valence-electron chi connectivity index (χ1n) is 6.08. The van der Waals surface area contributed by atoms with Crippen LogP contribution in [0.2, 0.25) is 0 Å². The number of carboxylic acid groups (broad SMARTS) is 1. The summed E-state index contributed by atoms with van der Waals surface area (Å²) in [5, 5.41) is 10.8. The number of hydrogen-bond donors (Lipinski definition) is 2. The number of amides is 2. The molecule has 0 bridgehead atoms. The molecule has 0 aromatic heterocycles. The maximum Gasteiger partial charge on any atom is 0.323 e. The topological polar surface area (TPSA) is 78.9 Å². The van der Waals surface area contributed by atoms with Crippen LogP contribution >= 0.6 is 0 Å². The van der Waals surface area contributed by atoms with Gasteiger partial charge in [0.05, 0.1) is 6.61 Å². The number of rotatable bonds is 6. The Bertz CT molecular complexity index is 537. The van der Waals surface area contributed by atoms with E-state index in [4.69, 9.17) is 9.84 Å². The molecule has 1 aromatic rings. The smallest absolute Gasteiger partial charge is 0.323 e. The molecule has 1 rings (SSSR count). The number of aliphatic carboxylic acids is 1. The quantitative estimate of drug-likeness (QED) is 0.840. The van der Waals surface area contributed by atoms with Gasteiger partial charge in [-0.15, -0.1) is 0 Å². The van der Waals surface area contributed by atoms with Crippen molar-refractivity contribution in [2.75, 3.05) is 32.1 Å². The van der Waals surface area contributed by atoms with Gasteiger partial charge >= 0.3 is 12.0 Å². The highest BCUT2D eigenvalue weighted by Crippen LogP contribution is 2.21. The highest BCUT2D eigenvalue weighted by atomic mass is 19.1. The minimum Gasteiger partial charge on any atom is -0.480 e. The lowest BCUT2D eigenvalue weighted by molar-refractivity contribution is -0.137. The van der Waals surface area contributed by atoms with Gasteiger partial charge in [-0.05, 0) is 18.6 Å².